The molecule has 102 valence electrons. The highest BCUT2D eigenvalue weighted by atomic mass is 15.3. The first kappa shape index (κ1) is 14.5. The second-order valence-corrected chi connectivity index (χ2v) is 4.48. The van der Waals surface area contributed by atoms with E-state index in [0.29, 0.717) is 0 Å². The van der Waals surface area contributed by atoms with Crippen molar-refractivity contribution in [2.45, 2.75) is 40.2 Å². The van der Waals surface area contributed by atoms with Crippen LogP contribution in [-0.2, 0) is 13.6 Å². The van der Waals surface area contributed by atoms with Crippen molar-refractivity contribution in [3.8, 4) is 0 Å². The zero-order chi connectivity index (χ0) is 13.5. The van der Waals surface area contributed by atoms with Crippen LogP contribution >= 0.6 is 0 Å². The molecule has 0 spiro atoms. The first-order valence-electron chi connectivity index (χ1n) is 6.53. The van der Waals surface area contributed by atoms with Crippen LogP contribution in [0.3, 0.4) is 0 Å². The second-order valence-electron chi connectivity index (χ2n) is 4.48. The Morgan fingerprint density at radius 1 is 1.33 bits per heavy atom. The Bertz CT molecular complexity index is 406. The van der Waals surface area contributed by atoms with Crippen LogP contribution in [0.4, 0.5) is 0 Å². The molecule has 1 aromatic rings. The molecule has 18 heavy (non-hydrogen) atoms. The van der Waals surface area contributed by atoms with Crippen molar-refractivity contribution in [1.82, 2.24) is 20.4 Å². The molecule has 0 fully saturated rings. The Morgan fingerprint density at radius 3 is 2.56 bits per heavy atom. The molecule has 5 heteroatoms. The van der Waals surface area contributed by atoms with Gasteiger partial charge < -0.3 is 10.6 Å². The van der Waals surface area contributed by atoms with Gasteiger partial charge in [-0.05, 0) is 20.3 Å². The van der Waals surface area contributed by atoms with E-state index >= 15 is 0 Å². The van der Waals surface area contributed by atoms with Crippen molar-refractivity contribution >= 4 is 5.96 Å². The predicted molar refractivity (Wildman–Crippen MR) is 75.8 cm³/mol. The van der Waals surface area contributed by atoms with E-state index in [9.17, 15) is 0 Å². The molecular formula is C13H25N5. The lowest BCUT2D eigenvalue weighted by atomic mass is 10.2. The highest BCUT2D eigenvalue weighted by Gasteiger charge is 2.09. The number of unbranched alkanes of at least 4 members (excludes halogenated alkanes) is 1. The Kier molecular flexibility index (Phi) is 5.68. The van der Waals surface area contributed by atoms with Gasteiger partial charge in [0.1, 0.15) is 0 Å². The lowest BCUT2D eigenvalue weighted by molar-refractivity contribution is 0.722. The first-order valence-corrected chi connectivity index (χ1v) is 6.53. The molecule has 0 aromatic carbocycles. The van der Waals surface area contributed by atoms with Crippen LogP contribution in [0.5, 0.6) is 0 Å². The van der Waals surface area contributed by atoms with Crippen LogP contribution in [0.15, 0.2) is 4.99 Å². The highest BCUT2D eigenvalue weighted by Crippen LogP contribution is 2.10. The fraction of sp³-hybridized carbons (Fsp3) is 0.692. The Balaban J connectivity index is 2.52. The Hall–Kier alpha value is -1.52. The van der Waals surface area contributed by atoms with Crippen molar-refractivity contribution in [1.29, 1.82) is 0 Å². The molecule has 0 unspecified atom stereocenters. The number of nitrogens with one attached hydrogen (secondary N) is 2. The van der Waals surface area contributed by atoms with Crippen LogP contribution in [0, 0.1) is 13.8 Å². The zero-order valence-electron chi connectivity index (χ0n) is 12.2. The number of rotatable bonds is 5. The van der Waals surface area contributed by atoms with Crippen LogP contribution in [0.25, 0.3) is 0 Å². The SMILES string of the molecule is CCCCNC(=NC)NCc1c(C)nn(C)c1C. The molecule has 0 aliphatic heterocycles. The third kappa shape index (κ3) is 3.75. The Labute approximate surface area is 110 Å². The maximum absolute atomic E-state index is 4.41. The van der Waals surface area contributed by atoms with Gasteiger partial charge in [-0.25, -0.2) is 0 Å². The molecule has 0 saturated heterocycles. The maximum atomic E-state index is 4.41. The summed E-state index contributed by atoms with van der Waals surface area (Å²) in [4.78, 5) is 4.21. The number of hydrogen-bond acceptors (Lipinski definition) is 2. The summed E-state index contributed by atoms with van der Waals surface area (Å²) in [7, 11) is 3.77. The van der Waals surface area contributed by atoms with E-state index in [1.165, 1.54) is 17.7 Å². The van der Waals surface area contributed by atoms with Crippen LogP contribution < -0.4 is 10.6 Å². The number of aromatic nitrogens is 2. The van der Waals surface area contributed by atoms with Crippen LogP contribution in [-0.4, -0.2) is 29.3 Å². The largest absolute Gasteiger partial charge is 0.356 e. The number of guanidine groups is 1. The molecule has 1 rings (SSSR count). The first-order chi connectivity index (χ1) is 8.60. The van der Waals surface area contributed by atoms with Crippen molar-refractivity contribution in [3.05, 3.63) is 17.0 Å². The van der Waals surface area contributed by atoms with Gasteiger partial charge in [-0.15, -0.1) is 0 Å². The average molecular weight is 251 g/mol. The molecule has 0 aliphatic carbocycles. The molecule has 1 heterocycles. The molecule has 2 N–H and O–H groups in total. The second kappa shape index (κ2) is 7.03. The van der Waals surface area contributed by atoms with Gasteiger partial charge >= 0.3 is 0 Å². The van der Waals surface area contributed by atoms with E-state index in [4.69, 9.17) is 0 Å². The van der Waals surface area contributed by atoms with Crippen molar-refractivity contribution in [3.63, 3.8) is 0 Å². The molecule has 0 aliphatic rings. The van der Waals surface area contributed by atoms with Gasteiger partial charge in [0.25, 0.3) is 0 Å². The van der Waals surface area contributed by atoms with Gasteiger partial charge in [-0.1, -0.05) is 13.3 Å². The van der Waals surface area contributed by atoms with Gasteiger partial charge in [0, 0.05) is 38.4 Å². The molecule has 0 bridgehead atoms. The normalized spacial score (nSPS) is 11.7. The number of hydrogen-bond donors (Lipinski definition) is 2. The standard InChI is InChI=1S/C13H25N5/c1-6-7-8-15-13(14-4)16-9-12-10(2)17-18(5)11(12)3/h6-9H2,1-5H3,(H2,14,15,16). The summed E-state index contributed by atoms with van der Waals surface area (Å²) in [5.74, 6) is 0.853. The van der Waals surface area contributed by atoms with Crippen molar-refractivity contribution < 1.29 is 0 Å². The zero-order valence-corrected chi connectivity index (χ0v) is 12.2. The molecule has 5 nitrogen and oxygen atoms in total. The lowest BCUT2D eigenvalue weighted by Gasteiger charge is -2.11. The summed E-state index contributed by atoms with van der Waals surface area (Å²) in [6.45, 7) is 8.03. The summed E-state index contributed by atoms with van der Waals surface area (Å²) in [5, 5.41) is 11.0. The fourth-order valence-electron chi connectivity index (χ4n) is 1.85. The third-order valence-electron chi connectivity index (χ3n) is 3.14. The summed E-state index contributed by atoms with van der Waals surface area (Å²) < 4.78 is 1.92. The van der Waals surface area contributed by atoms with E-state index in [1.54, 1.807) is 7.05 Å². The molecule has 1 aromatic heterocycles. The van der Waals surface area contributed by atoms with Gasteiger partial charge in [-0.2, -0.15) is 5.10 Å². The quantitative estimate of drug-likeness (QED) is 0.474. The minimum absolute atomic E-state index is 0.761. The molecule has 0 amide bonds. The summed E-state index contributed by atoms with van der Waals surface area (Å²) in [5.41, 5.74) is 3.52. The molecule has 0 saturated carbocycles. The molecule has 0 atom stereocenters. The van der Waals surface area contributed by atoms with E-state index in [1.807, 2.05) is 18.7 Å². The van der Waals surface area contributed by atoms with Crippen LogP contribution in [0.2, 0.25) is 0 Å². The number of aryl methyl sites for hydroxylation is 2. The minimum atomic E-state index is 0.761. The minimum Gasteiger partial charge on any atom is -0.356 e. The number of nitrogens with zero attached hydrogens (tertiary/aromatic N) is 3. The predicted octanol–water partition coefficient (Wildman–Crippen LogP) is 1.50. The van der Waals surface area contributed by atoms with Gasteiger partial charge in [0.2, 0.25) is 0 Å². The van der Waals surface area contributed by atoms with E-state index in [-0.39, 0.29) is 0 Å². The van der Waals surface area contributed by atoms with Gasteiger partial charge in [0.15, 0.2) is 5.96 Å². The lowest BCUT2D eigenvalue weighted by Crippen LogP contribution is -2.37. The van der Waals surface area contributed by atoms with Gasteiger partial charge in [-0.3, -0.25) is 9.67 Å². The highest BCUT2D eigenvalue weighted by molar-refractivity contribution is 5.79. The average Bonchev–Trinajstić information content (AvgIpc) is 2.59. The van der Waals surface area contributed by atoms with Gasteiger partial charge in [0.05, 0.1) is 5.69 Å². The van der Waals surface area contributed by atoms with Crippen molar-refractivity contribution in [2.75, 3.05) is 13.6 Å². The fourth-order valence-corrected chi connectivity index (χ4v) is 1.85. The third-order valence-corrected chi connectivity index (χ3v) is 3.14. The maximum Gasteiger partial charge on any atom is 0.191 e. The van der Waals surface area contributed by atoms with E-state index in [0.717, 1.165) is 31.2 Å². The molecular weight excluding hydrogens is 226 g/mol. The topological polar surface area (TPSA) is 54.2 Å². The molecule has 0 radical (unpaired) electrons. The summed E-state index contributed by atoms with van der Waals surface area (Å²) in [6, 6.07) is 0. The van der Waals surface area contributed by atoms with Crippen molar-refractivity contribution in [2.24, 2.45) is 12.0 Å². The van der Waals surface area contributed by atoms with E-state index < -0.39 is 0 Å². The van der Waals surface area contributed by atoms with Crippen LogP contribution in [0.1, 0.15) is 36.7 Å². The summed E-state index contributed by atoms with van der Waals surface area (Å²) >= 11 is 0. The number of aliphatic imine (C=N–C) groups is 1. The van der Waals surface area contributed by atoms with E-state index in [2.05, 4.69) is 34.6 Å². The summed E-state index contributed by atoms with van der Waals surface area (Å²) in [6.07, 6.45) is 2.34. The smallest absolute Gasteiger partial charge is 0.191 e. The monoisotopic (exact) mass is 251 g/mol. The Morgan fingerprint density at radius 2 is 2.06 bits per heavy atom.